The Morgan fingerprint density at radius 3 is 2.39 bits per heavy atom. The fourth-order valence-corrected chi connectivity index (χ4v) is 3.73. The number of aromatic nitrogens is 2. The second-order valence-electron chi connectivity index (χ2n) is 7.17. The Labute approximate surface area is 189 Å². The van der Waals surface area contributed by atoms with Crippen LogP contribution in [0, 0.1) is 0 Å². The second-order valence-corrected chi connectivity index (χ2v) is 7.17. The number of aromatic hydroxyl groups is 1. The molecule has 1 aliphatic heterocycles. The van der Waals surface area contributed by atoms with Crippen LogP contribution in [0.1, 0.15) is 36.9 Å². The summed E-state index contributed by atoms with van der Waals surface area (Å²) in [6, 6.07) is 2.78. The lowest BCUT2D eigenvalue weighted by molar-refractivity contribution is -0.132. The van der Waals surface area contributed by atoms with Gasteiger partial charge in [0.15, 0.2) is 11.5 Å². The standard InChI is InChI=1S/C22H26N4O7/c1-6-8-25-21(29)18(20(28)23-22(25)30)13-11-14(26(24-13)17(27)7-2)12-9-15(31-3)19(33-5)16(10-12)32-4/h6,9-10,14,29H,1,7-8,11H2,2-5H3,(H,23,28,30)/t14-/m1/s1. The van der Waals surface area contributed by atoms with Gasteiger partial charge in [-0.2, -0.15) is 5.10 Å². The van der Waals surface area contributed by atoms with Gasteiger partial charge in [-0.25, -0.2) is 9.80 Å². The first-order valence-corrected chi connectivity index (χ1v) is 10.2. The predicted octanol–water partition coefficient (Wildman–Crippen LogP) is 1.54. The van der Waals surface area contributed by atoms with Crippen molar-refractivity contribution in [2.24, 2.45) is 5.10 Å². The maximum Gasteiger partial charge on any atom is 0.331 e. The molecule has 1 aliphatic rings. The number of hydrogen-bond donors (Lipinski definition) is 2. The van der Waals surface area contributed by atoms with Crippen LogP contribution in [0.5, 0.6) is 23.1 Å². The quantitative estimate of drug-likeness (QED) is 0.573. The van der Waals surface area contributed by atoms with Gasteiger partial charge in [-0.1, -0.05) is 13.0 Å². The predicted molar refractivity (Wildman–Crippen MR) is 120 cm³/mol. The Bertz CT molecular complexity index is 1200. The van der Waals surface area contributed by atoms with Crippen molar-refractivity contribution in [3.8, 4) is 23.1 Å². The molecule has 2 N–H and O–H groups in total. The molecule has 0 bridgehead atoms. The summed E-state index contributed by atoms with van der Waals surface area (Å²) >= 11 is 0. The van der Waals surface area contributed by atoms with Crippen LogP contribution >= 0.6 is 0 Å². The molecule has 0 spiro atoms. The number of amides is 1. The first-order valence-electron chi connectivity index (χ1n) is 10.2. The molecule has 1 atom stereocenters. The fourth-order valence-electron chi connectivity index (χ4n) is 3.73. The van der Waals surface area contributed by atoms with Gasteiger partial charge in [-0.15, -0.1) is 6.58 Å². The summed E-state index contributed by atoms with van der Waals surface area (Å²) in [6.07, 6.45) is 1.68. The fraction of sp³-hybridized carbons (Fsp3) is 0.364. The third-order valence-corrected chi connectivity index (χ3v) is 5.31. The highest BCUT2D eigenvalue weighted by Crippen LogP contribution is 2.43. The average molecular weight is 458 g/mol. The number of allylic oxidation sites excluding steroid dienone is 1. The molecule has 2 aromatic rings. The van der Waals surface area contributed by atoms with Crippen LogP contribution in [0.4, 0.5) is 0 Å². The van der Waals surface area contributed by atoms with Gasteiger partial charge in [-0.05, 0) is 17.7 Å². The second kappa shape index (κ2) is 9.63. The summed E-state index contributed by atoms with van der Waals surface area (Å²) in [6.45, 7) is 5.23. The minimum Gasteiger partial charge on any atom is -0.494 e. The van der Waals surface area contributed by atoms with Crippen molar-refractivity contribution in [1.29, 1.82) is 0 Å². The zero-order valence-corrected chi connectivity index (χ0v) is 18.9. The topological polar surface area (TPSA) is 135 Å². The zero-order valence-electron chi connectivity index (χ0n) is 18.9. The largest absolute Gasteiger partial charge is 0.494 e. The van der Waals surface area contributed by atoms with Gasteiger partial charge < -0.3 is 19.3 Å². The van der Waals surface area contributed by atoms with E-state index in [1.807, 2.05) is 0 Å². The number of methoxy groups -OCH3 is 3. The van der Waals surface area contributed by atoms with Crippen LogP contribution in [-0.4, -0.2) is 52.6 Å². The molecule has 0 saturated heterocycles. The third-order valence-electron chi connectivity index (χ3n) is 5.31. The molecule has 0 unspecified atom stereocenters. The molecule has 0 saturated carbocycles. The molecular weight excluding hydrogens is 432 g/mol. The van der Waals surface area contributed by atoms with Crippen molar-refractivity contribution < 1.29 is 24.1 Å². The molecule has 0 aliphatic carbocycles. The van der Waals surface area contributed by atoms with Gasteiger partial charge in [0.25, 0.3) is 5.56 Å². The Hall–Kier alpha value is -4.02. The van der Waals surface area contributed by atoms with Crippen molar-refractivity contribution in [3.63, 3.8) is 0 Å². The summed E-state index contributed by atoms with van der Waals surface area (Å²) < 4.78 is 17.2. The van der Waals surface area contributed by atoms with Crippen molar-refractivity contribution >= 4 is 11.6 Å². The molecule has 3 rings (SSSR count). The lowest BCUT2D eigenvalue weighted by Gasteiger charge is -2.23. The minimum absolute atomic E-state index is 0.0182. The molecule has 2 heterocycles. The number of rotatable bonds is 8. The number of carbonyl (C=O) groups excluding carboxylic acids is 1. The van der Waals surface area contributed by atoms with Crippen LogP contribution in [0.2, 0.25) is 0 Å². The maximum absolute atomic E-state index is 12.7. The van der Waals surface area contributed by atoms with E-state index in [1.54, 1.807) is 19.1 Å². The van der Waals surface area contributed by atoms with Gasteiger partial charge in [0.2, 0.25) is 17.5 Å². The Morgan fingerprint density at radius 2 is 1.88 bits per heavy atom. The highest BCUT2D eigenvalue weighted by molar-refractivity contribution is 6.04. The Kier molecular flexibility index (Phi) is 6.90. The molecule has 33 heavy (non-hydrogen) atoms. The lowest BCUT2D eigenvalue weighted by atomic mass is 9.98. The van der Waals surface area contributed by atoms with E-state index in [4.69, 9.17) is 14.2 Å². The van der Waals surface area contributed by atoms with Gasteiger partial charge in [0, 0.05) is 19.4 Å². The molecule has 11 nitrogen and oxygen atoms in total. The van der Waals surface area contributed by atoms with E-state index in [2.05, 4.69) is 16.7 Å². The molecule has 1 aromatic heterocycles. The van der Waals surface area contributed by atoms with E-state index in [0.717, 1.165) is 4.57 Å². The summed E-state index contributed by atoms with van der Waals surface area (Å²) in [7, 11) is 4.44. The van der Waals surface area contributed by atoms with Crippen molar-refractivity contribution in [2.75, 3.05) is 21.3 Å². The third kappa shape index (κ3) is 4.21. The summed E-state index contributed by atoms with van der Waals surface area (Å²) in [5, 5.41) is 16.3. The van der Waals surface area contributed by atoms with Gasteiger partial charge in [-0.3, -0.25) is 19.1 Å². The normalized spacial score (nSPS) is 15.2. The summed E-state index contributed by atoms with van der Waals surface area (Å²) in [5.74, 6) is 0.339. The molecule has 1 aromatic carbocycles. The van der Waals surface area contributed by atoms with E-state index in [9.17, 15) is 19.5 Å². The molecular formula is C22H26N4O7. The summed E-state index contributed by atoms with van der Waals surface area (Å²) in [5.41, 5.74) is -0.971. The Morgan fingerprint density at radius 1 is 1.24 bits per heavy atom. The number of aromatic amines is 1. The minimum atomic E-state index is -0.800. The van der Waals surface area contributed by atoms with E-state index in [0.29, 0.717) is 22.8 Å². The number of hydrogen-bond acceptors (Lipinski definition) is 8. The maximum atomic E-state index is 12.7. The van der Waals surface area contributed by atoms with Gasteiger partial charge in [0.1, 0.15) is 5.56 Å². The molecule has 0 radical (unpaired) electrons. The Balaban J connectivity index is 2.16. The van der Waals surface area contributed by atoms with Gasteiger partial charge in [0.05, 0.1) is 33.1 Å². The van der Waals surface area contributed by atoms with E-state index < -0.39 is 23.2 Å². The number of nitrogens with one attached hydrogen (secondary N) is 1. The number of ether oxygens (including phenoxy) is 3. The number of carbonyl (C=O) groups is 1. The van der Waals surface area contributed by atoms with Crippen LogP contribution in [0.15, 0.2) is 39.5 Å². The van der Waals surface area contributed by atoms with Gasteiger partial charge >= 0.3 is 5.69 Å². The monoisotopic (exact) mass is 458 g/mol. The number of H-pyrrole nitrogens is 1. The van der Waals surface area contributed by atoms with E-state index in [-0.39, 0.29) is 36.6 Å². The highest BCUT2D eigenvalue weighted by Gasteiger charge is 2.36. The first kappa shape index (κ1) is 23.6. The molecule has 1 amide bonds. The van der Waals surface area contributed by atoms with Crippen LogP contribution in [0.3, 0.4) is 0 Å². The van der Waals surface area contributed by atoms with Crippen LogP contribution < -0.4 is 25.5 Å². The highest BCUT2D eigenvalue weighted by atomic mass is 16.5. The molecule has 0 fully saturated rings. The van der Waals surface area contributed by atoms with E-state index in [1.165, 1.54) is 32.4 Å². The number of nitrogens with zero attached hydrogens (tertiary/aromatic N) is 3. The summed E-state index contributed by atoms with van der Waals surface area (Å²) in [4.78, 5) is 39.6. The smallest absolute Gasteiger partial charge is 0.331 e. The van der Waals surface area contributed by atoms with Crippen molar-refractivity contribution in [1.82, 2.24) is 14.6 Å². The average Bonchev–Trinajstić information content (AvgIpc) is 3.24. The van der Waals surface area contributed by atoms with Crippen LogP contribution in [-0.2, 0) is 11.3 Å². The van der Waals surface area contributed by atoms with Crippen molar-refractivity contribution in [3.05, 3.63) is 56.8 Å². The number of benzene rings is 1. The zero-order chi connectivity index (χ0) is 24.3. The van der Waals surface area contributed by atoms with Crippen molar-refractivity contribution in [2.45, 2.75) is 32.4 Å². The van der Waals surface area contributed by atoms with E-state index >= 15 is 0 Å². The lowest BCUT2D eigenvalue weighted by Crippen LogP contribution is -2.33. The SMILES string of the molecule is C=CCn1c(O)c(C2=NN(C(=O)CC)[C@@H](c3cc(OC)c(OC)c(OC)c3)C2)c(=O)[nH]c1=O. The number of hydrazone groups is 1. The first-order chi connectivity index (χ1) is 15.8. The molecule has 176 valence electrons. The molecule has 11 heteroatoms. The van der Waals surface area contributed by atoms with Crippen LogP contribution in [0.25, 0.3) is 0 Å².